The van der Waals surface area contributed by atoms with Crippen molar-refractivity contribution in [2.24, 2.45) is 0 Å². The zero-order valence-electron chi connectivity index (χ0n) is 18.7. The number of rotatable bonds is 8. The van der Waals surface area contributed by atoms with Gasteiger partial charge in [0, 0.05) is 30.8 Å². The number of ether oxygens (including phenoxy) is 3. The lowest BCUT2D eigenvalue weighted by Gasteiger charge is -2.14. The molecule has 4 rings (SSSR count). The monoisotopic (exact) mass is 467 g/mol. The van der Waals surface area contributed by atoms with Crippen molar-refractivity contribution in [2.45, 2.75) is 13.0 Å². The van der Waals surface area contributed by atoms with Crippen LogP contribution in [0, 0.1) is 5.82 Å². The number of nitrogens with one attached hydrogen (secondary N) is 1. The molecule has 2 aromatic heterocycles. The molecule has 0 spiro atoms. The Kier molecular flexibility index (Phi) is 6.44. The molecule has 0 radical (unpaired) electrons. The van der Waals surface area contributed by atoms with Crippen LogP contribution in [0.2, 0.25) is 0 Å². The Morgan fingerprint density at radius 3 is 2.35 bits per heavy atom. The van der Waals surface area contributed by atoms with Gasteiger partial charge in [-0.25, -0.2) is 14.1 Å². The summed E-state index contributed by atoms with van der Waals surface area (Å²) in [6, 6.07) is 8.92. The van der Waals surface area contributed by atoms with Gasteiger partial charge in [-0.15, -0.1) is 0 Å². The van der Waals surface area contributed by atoms with Crippen molar-refractivity contribution in [3.05, 3.63) is 65.1 Å². The summed E-state index contributed by atoms with van der Waals surface area (Å²) in [5.41, 5.74) is 1.04. The fourth-order valence-corrected chi connectivity index (χ4v) is 3.48. The predicted octanol–water partition coefficient (Wildman–Crippen LogP) is 2.78. The maximum Gasteiger partial charge on any atom is 0.264 e. The number of methoxy groups -OCH3 is 3. The number of carbonyl (C=O) groups is 1. The highest BCUT2D eigenvalue weighted by molar-refractivity contribution is 5.91. The third-order valence-electron chi connectivity index (χ3n) is 5.15. The molecule has 1 N–H and O–H groups in total. The first kappa shape index (κ1) is 22.8. The van der Waals surface area contributed by atoms with Crippen molar-refractivity contribution in [1.82, 2.24) is 19.3 Å². The maximum atomic E-state index is 13.2. The van der Waals surface area contributed by atoms with Gasteiger partial charge in [-0.3, -0.25) is 14.2 Å². The molecule has 0 aliphatic heterocycles. The third kappa shape index (κ3) is 4.40. The molecule has 1 amide bonds. The first-order chi connectivity index (χ1) is 16.4. The van der Waals surface area contributed by atoms with E-state index >= 15 is 0 Å². The van der Waals surface area contributed by atoms with Gasteiger partial charge in [-0.05, 0) is 24.3 Å². The standard InChI is InChI=1S/C23H22FN5O5/c1-32-18-10-15(11-19(33-2)21(18)34-3)27-20(30)8-9-28-13-25-22-17(23(28)31)12-26-29(22)16-6-4-14(24)5-7-16/h4-7,10-13H,8-9H2,1-3H3,(H,27,30). The smallest absolute Gasteiger partial charge is 0.264 e. The number of hydrogen-bond donors (Lipinski definition) is 1. The summed E-state index contributed by atoms with van der Waals surface area (Å²) >= 11 is 0. The molecule has 10 nitrogen and oxygen atoms in total. The average Bonchev–Trinajstić information content (AvgIpc) is 3.28. The van der Waals surface area contributed by atoms with E-state index in [0.717, 1.165) is 0 Å². The first-order valence-corrected chi connectivity index (χ1v) is 10.2. The van der Waals surface area contributed by atoms with E-state index in [2.05, 4.69) is 15.4 Å². The van der Waals surface area contributed by atoms with Crippen LogP contribution in [0.15, 0.2) is 53.7 Å². The van der Waals surface area contributed by atoms with Gasteiger partial charge in [0.1, 0.15) is 11.2 Å². The van der Waals surface area contributed by atoms with E-state index in [1.54, 1.807) is 24.3 Å². The molecule has 0 bridgehead atoms. The summed E-state index contributed by atoms with van der Waals surface area (Å²) in [6.45, 7) is 0.111. The van der Waals surface area contributed by atoms with E-state index < -0.39 is 0 Å². The summed E-state index contributed by atoms with van der Waals surface area (Å²) in [6.07, 6.45) is 2.79. The molecule has 0 atom stereocenters. The number of nitrogens with zero attached hydrogens (tertiary/aromatic N) is 4. The number of anilines is 1. The molecule has 0 saturated carbocycles. The van der Waals surface area contributed by atoms with Gasteiger partial charge in [-0.2, -0.15) is 5.10 Å². The lowest BCUT2D eigenvalue weighted by molar-refractivity contribution is -0.116. The second-order valence-corrected chi connectivity index (χ2v) is 7.23. The summed E-state index contributed by atoms with van der Waals surface area (Å²) in [7, 11) is 4.46. The van der Waals surface area contributed by atoms with Crippen molar-refractivity contribution < 1.29 is 23.4 Å². The molecule has 4 aromatic rings. The maximum absolute atomic E-state index is 13.2. The molecule has 0 saturated heterocycles. The van der Waals surface area contributed by atoms with Gasteiger partial charge in [0.25, 0.3) is 5.56 Å². The van der Waals surface area contributed by atoms with Crippen LogP contribution in [0.1, 0.15) is 6.42 Å². The Bertz CT molecular complexity index is 1370. The van der Waals surface area contributed by atoms with E-state index in [4.69, 9.17) is 14.2 Å². The lowest BCUT2D eigenvalue weighted by Crippen LogP contribution is -2.23. The minimum atomic E-state index is -0.375. The number of hydrogen-bond acceptors (Lipinski definition) is 7. The van der Waals surface area contributed by atoms with Crippen LogP contribution >= 0.6 is 0 Å². The molecule has 34 heavy (non-hydrogen) atoms. The number of amides is 1. The highest BCUT2D eigenvalue weighted by atomic mass is 19.1. The fraction of sp³-hybridized carbons (Fsp3) is 0.217. The molecule has 0 aliphatic rings. The molecule has 0 fully saturated rings. The van der Waals surface area contributed by atoms with Gasteiger partial charge >= 0.3 is 0 Å². The number of halogens is 1. The van der Waals surface area contributed by atoms with Crippen molar-refractivity contribution >= 4 is 22.6 Å². The van der Waals surface area contributed by atoms with Crippen LogP contribution in [0.4, 0.5) is 10.1 Å². The molecule has 176 valence electrons. The Morgan fingerprint density at radius 1 is 1.06 bits per heavy atom. The summed E-state index contributed by atoms with van der Waals surface area (Å²) < 4.78 is 31.9. The van der Waals surface area contributed by atoms with Crippen molar-refractivity contribution in [3.63, 3.8) is 0 Å². The highest BCUT2D eigenvalue weighted by Crippen LogP contribution is 2.39. The molecule has 0 aliphatic carbocycles. The van der Waals surface area contributed by atoms with Crippen molar-refractivity contribution in [1.29, 1.82) is 0 Å². The van der Waals surface area contributed by atoms with Crippen LogP contribution in [0.3, 0.4) is 0 Å². The van der Waals surface area contributed by atoms with Crippen LogP contribution in [-0.4, -0.2) is 46.6 Å². The molecule has 0 unspecified atom stereocenters. The van der Waals surface area contributed by atoms with E-state index in [0.29, 0.717) is 34.3 Å². The molecule has 2 heterocycles. The number of fused-ring (bicyclic) bond motifs is 1. The molecular weight excluding hydrogens is 445 g/mol. The second-order valence-electron chi connectivity index (χ2n) is 7.23. The Hall–Kier alpha value is -4.41. The zero-order valence-corrected chi connectivity index (χ0v) is 18.7. The molecular formula is C23H22FN5O5. The Morgan fingerprint density at radius 2 is 1.74 bits per heavy atom. The zero-order chi connectivity index (χ0) is 24.2. The summed E-state index contributed by atoms with van der Waals surface area (Å²) in [4.78, 5) is 29.7. The molecule has 11 heteroatoms. The minimum Gasteiger partial charge on any atom is -0.493 e. The van der Waals surface area contributed by atoms with Crippen molar-refractivity contribution in [3.8, 4) is 22.9 Å². The van der Waals surface area contributed by atoms with Gasteiger partial charge in [-0.1, -0.05) is 0 Å². The first-order valence-electron chi connectivity index (χ1n) is 10.2. The van der Waals surface area contributed by atoms with Crippen molar-refractivity contribution in [2.75, 3.05) is 26.6 Å². The van der Waals surface area contributed by atoms with E-state index in [1.165, 1.54) is 55.2 Å². The number of aryl methyl sites for hydroxylation is 1. The van der Waals surface area contributed by atoms with Crippen LogP contribution in [-0.2, 0) is 11.3 Å². The summed E-state index contributed by atoms with van der Waals surface area (Å²) in [5.74, 6) is 0.529. The summed E-state index contributed by atoms with van der Waals surface area (Å²) in [5, 5.41) is 7.25. The topological polar surface area (TPSA) is 110 Å². The van der Waals surface area contributed by atoms with E-state index in [-0.39, 0.29) is 35.6 Å². The fourth-order valence-electron chi connectivity index (χ4n) is 3.48. The number of carbonyl (C=O) groups excluding carboxylic acids is 1. The third-order valence-corrected chi connectivity index (χ3v) is 5.15. The largest absolute Gasteiger partial charge is 0.493 e. The van der Waals surface area contributed by atoms with Gasteiger partial charge in [0.05, 0.1) is 39.5 Å². The van der Waals surface area contributed by atoms with Gasteiger partial charge in [0.15, 0.2) is 17.1 Å². The average molecular weight is 467 g/mol. The van der Waals surface area contributed by atoms with E-state index in [9.17, 15) is 14.0 Å². The van der Waals surface area contributed by atoms with Gasteiger partial charge in [0.2, 0.25) is 11.7 Å². The normalized spacial score (nSPS) is 10.8. The second kappa shape index (κ2) is 9.61. The number of benzene rings is 2. The minimum absolute atomic E-state index is 0.0237. The van der Waals surface area contributed by atoms with Crippen LogP contribution < -0.4 is 25.1 Å². The quantitative estimate of drug-likeness (QED) is 0.424. The van der Waals surface area contributed by atoms with Crippen LogP contribution in [0.25, 0.3) is 16.7 Å². The lowest BCUT2D eigenvalue weighted by atomic mass is 10.2. The highest BCUT2D eigenvalue weighted by Gasteiger charge is 2.16. The Labute approximate surface area is 193 Å². The number of aromatic nitrogens is 4. The Balaban J connectivity index is 1.49. The van der Waals surface area contributed by atoms with E-state index in [1.807, 2.05) is 0 Å². The van der Waals surface area contributed by atoms with Gasteiger partial charge < -0.3 is 19.5 Å². The SMILES string of the molecule is COc1cc(NC(=O)CCn2cnc3c(cnn3-c3ccc(F)cc3)c2=O)cc(OC)c1OC. The predicted molar refractivity (Wildman–Crippen MR) is 122 cm³/mol. The molecule has 2 aromatic carbocycles. The van der Waals surface area contributed by atoms with Crippen LogP contribution in [0.5, 0.6) is 17.2 Å².